The van der Waals surface area contributed by atoms with Crippen LogP contribution in [0.2, 0.25) is 5.02 Å². The summed E-state index contributed by atoms with van der Waals surface area (Å²) in [7, 11) is 0. The van der Waals surface area contributed by atoms with Crippen molar-refractivity contribution >= 4 is 29.1 Å². The third kappa shape index (κ3) is 5.26. The van der Waals surface area contributed by atoms with E-state index in [1.165, 1.54) is 17.0 Å². The molecule has 29 heavy (non-hydrogen) atoms. The fourth-order valence-corrected chi connectivity index (χ4v) is 3.28. The second-order valence-electron chi connectivity index (χ2n) is 6.80. The average molecular weight is 429 g/mol. The van der Waals surface area contributed by atoms with Crippen LogP contribution in [0.25, 0.3) is 0 Å². The van der Waals surface area contributed by atoms with Crippen molar-refractivity contribution in [3.8, 4) is 0 Å². The molecule has 1 fully saturated rings. The molecule has 0 radical (unpaired) electrons. The van der Waals surface area contributed by atoms with E-state index in [1.807, 2.05) is 0 Å². The zero-order valence-corrected chi connectivity index (χ0v) is 15.9. The standard InChI is InChI=1S/C20H17ClF4N2O2/c21-16-6-3-14(20(23,24)25)10-17(16)26-19(29)13-9-18(28)27(11-13)8-7-12-1-4-15(22)5-2-12/h1-6,10,13H,7-9,11H2,(H,26,29). The van der Waals surface area contributed by atoms with Gasteiger partial charge in [0.25, 0.3) is 0 Å². The highest BCUT2D eigenvalue weighted by atomic mass is 35.5. The van der Waals surface area contributed by atoms with Crippen molar-refractivity contribution in [1.82, 2.24) is 4.90 Å². The second-order valence-corrected chi connectivity index (χ2v) is 7.21. The summed E-state index contributed by atoms with van der Waals surface area (Å²) in [4.78, 5) is 26.2. The van der Waals surface area contributed by atoms with Crippen molar-refractivity contribution in [1.29, 1.82) is 0 Å². The van der Waals surface area contributed by atoms with Crippen LogP contribution < -0.4 is 5.32 Å². The maximum Gasteiger partial charge on any atom is 0.416 e. The monoisotopic (exact) mass is 428 g/mol. The van der Waals surface area contributed by atoms with Crippen LogP contribution in [0, 0.1) is 11.7 Å². The van der Waals surface area contributed by atoms with Crippen molar-refractivity contribution in [3.63, 3.8) is 0 Å². The van der Waals surface area contributed by atoms with E-state index in [2.05, 4.69) is 5.32 Å². The molecule has 4 nitrogen and oxygen atoms in total. The van der Waals surface area contributed by atoms with Gasteiger partial charge in [0.05, 0.1) is 22.2 Å². The van der Waals surface area contributed by atoms with E-state index in [0.717, 1.165) is 23.8 Å². The van der Waals surface area contributed by atoms with Crippen molar-refractivity contribution in [2.45, 2.75) is 19.0 Å². The maximum atomic E-state index is 12.9. The van der Waals surface area contributed by atoms with Gasteiger partial charge in [-0.25, -0.2) is 4.39 Å². The van der Waals surface area contributed by atoms with Gasteiger partial charge in [-0.2, -0.15) is 13.2 Å². The van der Waals surface area contributed by atoms with Gasteiger partial charge in [0.15, 0.2) is 0 Å². The van der Waals surface area contributed by atoms with Crippen LogP contribution in [0.4, 0.5) is 23.2 Å². The Kier molecular flexibility index (Phi) is 6.12. The fourth-order valence-electron chi connectivity index (χ4n) is 3.11. The number of rotatable bonds is 5. The molecule has 1 aliphatic rings. The first kappa shape index (κ1) is 21.1. The summed E-state index contributed by atoms with van der Waals surface area (Å²) in [5.74, 6) is -1.83. The molecule has 0 saturated carbocycles. The number of hydrogen-bond acceptors (Lipinski definition) is 2. The largest absolute Gasteiger partial charge is 0.416 e. The van der Waals surface area contributed by atoms with Crippen molar-refractivity contribution in [3.05, 3.63) is 64.4 Å². The minimum Gasteiger partial charge on any atom is -0.342 e. The Balaban J connectivity index is 1.61. The highest BCUT2D eigenvalue weighted by Crippen LogP contribution is 2.34. The van der Waals surface area contributed by atoms with Crippen LogP contribution in [-0.4, -0.2) is 29.8 Å². The first-order valence-electron chi connectivity index (χ1n) is 8.83. The molecule has 1 N–H and O–H groups in total. The van der Waals surface area contributed by atoms with Crippen LogP contribution in [0.1, 0.15) is 17.5 Å². The van der Waals surface area contributed by atoms with Gasteiger partial charge in [-0.05, 0) is 42.3 Å². The summed E-state index contributed by atoms with van der Waals surface area (Å²) in [5.41, 5.74) is -0.229. The Morgan fingerprint density at radius 2 is 1.86 bits per heavy atom. The minimum absolute atomic E-state index is 0.0242. The molecule has 1 aliphatic heterocycles. The van der Waals surface area contributed by atoms with Crippen molar-refractivity contribution in [2.75, 3.05) is 18.4 Å². The van der Waals surface area contributed by atoms with E-state index in [9.17, 15) is 27.2 Å². The molecule has 2 aromatic carbocycles. The summed E-state index contributed by atoms with van der Waals surface area (Å²) in [6, 6.07) is 8.56. The topological polar surface area (TPSA) is 49.4 Å². The minimum atomic E-state index is -4.56. The number of alkyl halides is 3. The van der Waals surface area contributed by atoms with E-state index < -0.39 is 23.6 Å². The molecule has 1 unspecified atom stereocenters. The number of anilines is 1. The number of benzene rings is 2. The molecule has 2 aromatic rings. The predicted molar refractivity (Wildman–Crippen MR) is 99.9 cm³/mol. The molecule has 154 valence electrons. The molecule has 0 aliphatic carbocycles. The Bertz CT molecular complexity index is 916. The van der Waals surface area contributed by atoms with Crippen LogP contribution in [0.3, 0.4) is 0 Å². The molecular weight excluding hydrogens is 412 g/mol. The molecule has 1 atom stereocenters. The van der Waals surface area contributed by atoms with Crippen LogP contribution in [0.15, 0.2) is 42.5 Å². The first-order chi connectivity index (χ1) is 13.6. The number of likely N-dealkylation sites (tertiary alicyclic amines) is 1. The third-order valence-electron chi connectivity index (χ3n) is 4.72. The Hall–Kier alpha value is -2.61. The molecule has 1 saturated heterocycles. The van der Waals surface area contributed by atoms with E-state index in [1.54, 1.807) is 12.1 Å². The molecule has 0 bridgehead atoms. The summed E-state index contributed by atoms with van der Waals surface area (Å²) < 4.78 is 51.5. The van der Waals surface area contributed by atoms with E-state index in [-0.39, 0.29) is 35.4 Å². The third-order valence-corrected chi connectivity index (χ3v) is 5.05. The van der Waals surface area contributed by atoms with E-state index in [0.29, 0.717) is 13.0 Å². The fraction of sp³-hybridized carbons (Fsp3) is 0.300. The molecule has 1 heterocycles. The van der Waals surface area contributed by atoms with Gasteiger partial charge >= 0.3 is 6.18 Å². The van der Waals surface area contributed by atoms with Gasteiger partial charge in [0.2, 0.25) is 11.8 Å². The quantitative estimate of drug-likeness (QED) is 0.711. The highest BCUT2D eigenvalue weighted by Gasteiger charge is 2.35. The number of carbonyl (C=O) groups is 2. The zero-order valence-electron chi connectivity index (χ0n) is 15.1. The smallest absolute Gasteiger partial charge is 0.342 e. The number of halogens is 5. The predicted octanol–water partition coefficient (Wildman–Crippen LogP) is 4.53. The average Bonchev–Trinajstić information content (AvgIpc) is 3.03. The van der Waals surface area contributed by atoms with Crippen LogP contribution >= 0.6 is 11.6 Å². The van der Waals surface area contributed by atoms with Gasteiger partial charge < -0.3 is 10.2 Å². The SMILES string of the molecule is O=C(Nc1cc(C(F)(F)F)ccc1Cl)C1CC(=O)N(CCc2ccc(F)cc2)C1. The molecule has 2 amide bonds. The Morgan fingerprint density at radius 1 is 1.17 bits per heavy atom. The number of nitrogens with zero attached hydrogens (tertiary/aromatic N) is 1. The molecular formula is C20H17ClF4N2O2. The summed E-state index contributed by atoms with van der Waals surface area (Å²) in [6.45, 7) is 0.515. The van der Waals surface area contributed by atoms with Gasteiger partial charge in [0, 0.05) is 19.5 Å². The summed E-state index contributed by atoms with van der Waals surface area (Å²) >= 11 is 5.90. The number of nitrogens with one attached hydrogen (secondary N) is 1. The number of hydrogen-bond donors (Lipinski definition) is 1. The molecule has 0 spiro atoms. The van der Waals surface area contributed by atoms with Gasteiger partial charge in [-0.3, -0.25) is 9.59 Å². The molecule has 9 heteroatoms. The second kappa shape index (κ2) is 8.41. The highest BCUT2D eigenvalue weighted by molar-refractivity contribution is 6.33. The van der Waals surface area contributed by atoms with Gasteiger partial charge in [-0.1, -0.05) is 23.7 Å². The molecule has 3 rings (SSSR count). The van der Waals surface area contributed by atoms with E-state index >= 15 is 0 Å². The zero-order chi connectivity index (χ0) is 21.2. The number of carbonyl (C=O) groups excluding carboxylic acids is 2. The number of amides is 2. The lowest BCUT2D eigenvalue weighted by molar-refractivity contribution is -0.137. The lowest BCUT2D eigenvalue weighted by atomic mass is 10.1. The Labute approximate surface area is 169 Å². The summed E-state index contributed by atoms with van der Waals surface area (Å²) in [6.07, 6.45) is -4.10. The van der Waals surface area contributed by atoms with Crippen molar-refractivity contribution < 1.29 is 27.2 Å². The molecule has 0 aromatic heterocycles. The lowest BCUT2D eigenvalue weighted by Gasteiger charge is -2.17. The maximum absolute atomic E-state index is 12.9. The van der Waals surface area contributed by atoms with Crippen LogP contribution in [-0.2, 0) is 22.2 Å². The first-order valence-corrected chi connectivity index (χ1v) is 9.21. The van der Waals surface area contributed by atoms with Gasteiger partial charge in [0.1, 0.15) is 5.82 Å². The summed E-state index contributed by atoms with van der Waals surface area (Å²) in [5, 5.41) is 2.37. The van der Waals surface area contributed by atoms with E-state index in [4.69, 9.17) is 11.6 Å². The van der Waals surface area contributed by atoms with Gasteiger partial charge in [-0.15, -0.1) is 0 Å². The normalized spacial score (nSPS) is 16.9. The Morgan fingerprint density at radius 3 is 2.52 bits per heavy atom. The van der Waals surface area contributed by atoms with Crippen molar-refractivity contribution in [2.24, 2.45) is 5.92 Å². The van der Waals surface area contributed by atoms with Crippen LogP contribution in [0.5, 0.6) is 0 Å². The lowest BCUT2D eigenvalue weighted by Crippen LogP contribution is -2.30.